The van der Waals surface area contributed by atoms with Crippen LogP contribution in [0.1, 0.15) is 25.3 Å². The molecule has 4 rings (SSSR count). The Balaban J connectivity index is 1.75. The molecule has 36 heavy (non-hydrogen) atoms. The summed E-state index contributed by atoms with van der Waals surface area (Å²) in [7, 11) is 1.55. The van der Waals surface area contributed by atoms with Crippen molar-refractivity contribution in [3.63, 3.8) is 0 Å². The largest absolute Gasteiger partial charge is 0.497 e. The van der Waals surface area contributed by atoms with Gasteiger partial charge in [0.15, 0.2) is 0 Å². The summed E-state index contributed by atoms with van der Waals surface area (Å²) in [5.41, 5.74) is 3.35. The lowest BCUT2D eigenvalue weighted by molar-refractivity contribution is -0.113. The van der Waals surface area contributed by atoms with Crippen LogP contribution in [0.15, 0.2) is 95.3 Å². The molecule has 184 valence electrons. The Kier molecular flexibility index (Phi) is 7.15. The first-order valence-corrected chi connectivity index (χ1v) is 11.2. The van der Waals surface area contributed by atoms with Gasteiger partial charge in [-0.15, -0.1) is 0 Å². The summed E-state index contributed by atoms with van der Waals surface area (Å²) in [5, 5.41) is 8.74. The van der Waals surface area contributed by atoms with Crippen molar-refractivity contribution >= 4 is 23.2 Å². The van der Waals surface area contributed by atoms with Crippen LogP contribution in [0.3, 0.4) is 0 Å². The van der Waals surface area contributed by atoms with Gasteiger partial charge in [-0.3, -0.25) is 9.59 Å². The second-order valence-electron chi connectivity index (χ2n) is 8.33. The standard InChI is InChI=1S/C28H25F2N3O3/c1-16-24(27(34)32-21-10-6-19(29)7-11-21)26(18-4-14-23(36-3)15-5-18)25(17(2)31-16)28(35)33-22-12-8-20(30)9-13-22/h4-15,26,31H,1-3H3,(H,32,34)(H,33,35). The minimum Gasteiger partial charge on any atom is -0.497 e. The number of carbonyl (C=O) groups excluding carboxylic acids is 2. The Labute approximate surface area is 207 Å². The maximum atomic E-state index is 13.5. The first kappa shape index (κ1) is 24.7. The van der Waals surface area contributed by atoms with Crippen LogP contribution in [0.5, 0.6) is 5.75 Å². The number of halogens is 2. The third kappa shape index (κ3) is 5.27. The number of hydrogen-bond donors (Lipinski definition) is 3. The van der Waals surface area contributed by atoms with Gasteiger partial charge in [-0.2, -0.15) is 0 Å². The number of anilines is 2. The van der Waals surface area contributed by atoms with Gasteiger partial charge >= 0.3 is 0 Å². The van der Waals surface area contributed by atoms with Crippen LogP contribution < -0.4 is 20.7 Å². The number of allylic oxidation sites excluding steroid dienone is 2. The Morgan fingerprint density at radius 3 is 1.53 bits per heavy atom. The summed E-state index contributed by atoms with van der Waals surface area (Å²) >= 11 is 0. The van der Waals surface area contributed by atoms with Crippen molar-refractivity contribution in [1.29, 1.82) is 0 Å². The number of methoxy groups -OCH3 is 1. The molecule has 0 aliphatic carbocycles. The molecule has 0 radical (unpaired) electrons. The van der Waals surface area contributed by atoms with Crippen molar-refractivity contribution in [2.45, 2.75) is 19.8 Å². The second-order valence-corrected chi connectivity index (χ2v) is 8.33. The predicted molar refractivity (Wildman–Crippen MR) is 134 cm³/mol. The van der Waals surface area contributed by atoms with Gasteiger partial charge < -0.3 is 20.7 Å². The summed E-state index contributed by atoms with van der Waals surface area (Å²) in [6, 6.07) is 18.0. The molecule has 0 saturated carbocycles. The number of hydrogen-bond acceptors (Lipinski definition) is 4. The lowest BCUT2D eigenvalue weighted by Gasteiger charge is -2.31. The van der Waals surface area contributed by atoms with Crippen molar-refractivity contribution in [3.8, 4) is 5.75 Å². The summed E-state index contributed by atoms with van der Waals surface area (Å²) in [5.74, 6) is -1.81. The Morgan fingerprint density at radius 1 is 0.722 bits per heavy atom. The minimum atomic E-state index is -0.724. The van der Waals surface area contributed by atoms with E-state index in [1.807, 2.05) is 0 Å². The van der Waals surface area contributed by atoms with Crippen molar-refractivity contribution in [1.82, 2.24) is 5.32 Å². The van der Waals surface area contributed by atoms with Gasteiger partial charge in [0.25, 0.3) is 11.8 Å². The van der Waals surface area contributed by atoms with Gasteiger partial charge in [-0.1, -0.05) is 12.1 Å². The Hall–Kier alpha value is -4.46. The fourth-order valence-electron chi connectivity index (χ4n) is 4.19. The smallest absolute Gasteiger partial charge is 0.254 e. The molecule has 0 atom stereocenters. The van der Waals surface area contributed by atoms with Crippen LogP contribution >= 0.6 is 0 Å². The van der Waals surface area contributed by atoms with E-state index in [0.29, 0.717) is 45.2 Å². The summed E-state index contributed by atoms with van der Waals surface area (Å²) in [6.07, 6.45) is 0. The normalized spacial score (nSPS) is 13.8. The molecule has 0 spiro atoms. The molecule has 1 aliphatic heterocycles. The average Bonchev–Trinajstić information content (AvgIpc) is 2.86. The number of benzene rings is 3. The monoisotopic (exact) mass is 489 g/mol. The van der Waals surface area contributed by atoms with Gasteiger partial charge in [0.05, 0.1) is 7.11 Å². The van der Waals surface area contributed by atoms with Crippen LogP contribution in [-0.2, 0) is 9.59 Å². The maximum absolute atomic E-state index is 13.5. The molecule has 3 aromatic carbocycles. The van der Waals surface area contributed by atoms with E-state index in [2.05, 4.69) is 16.0 Å². The van der Waals surface area contributed by atoms with E-state index >= 15 is 0 Å². The van der Waals surface area contributed by atoms with Gasteiger partial charge in [0.2, 0.25) is 0 Å². The molecule has 6 nitrogen and oxygen atoms in total. The van der Waals surface area contributed by atoms with Crippen LogP contribution in [0.4, 0.5) is 20.2 Å². The predicted octanol–water partition coefficient (Wildman–Crippen LogP) is 5.49. The third-order valence-corrected chi connectivity index (χ3v) is 5.90. The zero-order valence-electron chi connectivity index (χ0n) is 20.0. The number of dihydropyridines is 1. The number of ether oxygens (including phenoxy) is 1. The Bertz CT molecular complexity index is 1260. The summed E-state index contributed by atoms with van der Waals surface area (Å²) in [4.78, 5) is 27.0. The lowest BCUT2D eigenvalue weighted by Crippen LogP contribution is -2.35. The van der Waals surface area contributed by atoms with Crippen molar-refractivity contribution < 1.29 is 23.1 Å². The molecule has 0 aromatic heterocycles. The van der Waals surface area contributed by atoms with Crippen LogP contribution in [0.25, 0.3) is 0 Å². The van der Waals surface area contributed by atoms with Gasteiger partial charge in [-0.05, 0) is 80.1 Å². The van der Waals surface area contributed by atoms with E-state index in [1.165, 1.54) is 48.5 Å². The van der Waals surface area contributed by atoms with Crippen molar-refractivity contribution in [2.24, 2.45) is 0 Å². The van der Waals surface area contributed by atoms with Crippen LogP contribution in [-0.4, -0.2) is 18.9 Å². The second kappa shape index (κ2) is 10.4. The highest BCUT2D eigenvalue weighted by molar-refractivity contribution is 6.11. The number of rotatable bonds is 6. The first-order chi connectivity index (χ1) is 17.3. The molecule has 3 aromatic rings. The number of carbonyl (C=O) groups is 2. The van der Waals surface area contributed by atoms with E-state index in [9.17, 15) is 18.4 Å². The number of amides is 2. The Morgan fingerprint density at radius 2 is 1.14 bits per heavy atom. The zero-order valence-corrected chi connectivity index (χ0v) is 20.0. The van der Waals surface area contributed by atoms with Gasteiger partial charge in [-0.25, -0.2) is 8.78 Å². The molecule has 8 heteroatoms. The SMILES string of the molecule is COc1ccc(C2C(C(=O)Nc3ccc(F)cc3)=C(C)NC(C)=C2C(=O)Nc2ccc(F)cc2)cc1. The molecule has 3 N–H and O–H groups in total. The molecular formula is C28H25F2N3O3. The summed E-state index contributed by atoms with van der Waals surface area (Å²) in [6.45, 7) is 3.52. The molecule has 2 amide bonds. The average molecular weight is 490 g/mol. The molecule has 0 saturated heterocycles. The van der Waals surface area contributed by atoms with E-state index in [0.717, 1.165) is 0 Å². The number of nitrogens with one attached hydrogen (secondary N) is 3. The highest BCUT2D eigenvalue weighted by Gasteiger charge is 2.36. The summed E-state index contributed by atoms with van der Waals surface area (Å²) < 4.78 is 32.0. The van der Waals surface area contributed by atoms with Crippen molar-refractivity contribution in [2.75, 3.05) is 17.7 Å². The topological polar surface area (TPSA) is 79.5 Å². The maximum Gasteiger partial charge on any atom is 0.254 e. The van der Waals surface area contributed by atoms with Gasteiger partial charge in [0, 0.05) is 39.8 Å². The van der Waals surface area contributed by atoms with E-state index < -0.39 is 29.4 Å². The van der Waals surface area contributed by atoms with E-state index in [-0.39, 0.29) is 0 Å². The van der Waals surface area contributed by atoms with E-state index in [4.69, 9.17) is 4.74 Å². The van der Waals surface area contributed by atoms with E-state index in [1.54, 1.807) is 45.2 Å². The molecule has 1 heterocycles. The zero-order chi connectivity index (χ0) is 25.8. The minimum absolute atomic E-state index is 0.333. The fourth-order valence-corrected chi connectivity index (χ4v) is 4.19. The quantitative estimate of drug-likeness (QED) is 0.428. The first-order valence-electron chi connectivity index (χ1n) is 11.2. The van der Waals surface area contributed by atoms with Crippen LogP contribution in [0, 0.1) is 11.6 Å². The fraction of sp³-hybridized carbons (Fsp3) is 0.143. The third-order valence-electron chi connectivity index (χ3n) is 5.90. The highest BCUT2D eigenvalue weighted by atomic mass is 19.1. The molecule has 0 unspecified atom stereocenters. The molecule has 1 aliphatic rings. The van der Waals surface area contributed by atoms with Crippen LogP contribution in [0.2, 0.25) is 0 Å². The van der Waals surface area contributed by atoms with Gasteiger partial charge in [0.1, 0.15) is 17.4 Å². The van der Waals surface area contributed by atoms with Crippen molar-refractivity contribution in [3.05, 3.63) is 113 Å². The molecule has 0 fully saturated rings. The lowest BCUT2D eigenvalue weighted by atomic mass is 9.79. The molecule has 0 bridgehead atoms. The molecular weight excluding hydrogens is 464 g/mol. The highest BCUT2D eigenvalue weighted by Crippen LogP contribution is 2.39.